The standard InChI is InChI=1S/C21H19F3N2O2/c22-21(23,24)16-8-6-15(7-9-16)11-26-19(27)17-12-25(13-18(17)20(26)28)10-14-4-2-1-3-5-14/h1-9,17-18H,10-13H2/t17-,18+. The molecule has 0 aromatic heterocycles. The summed E-state index contributed by atoms with van der Waals surface area (Å²) < 4.78 is 38.0. The van der Waals surface area contributed by atoms with Crippen LogP contribution in [0.1, 0.15) is 16.7 Å². The number of hydrogen-bond donors (Lipinski definition) is 0. The molecule has 2 aromatic rings. The second-order valence-electron chi connectivity index (χ2n) is 7.35. The Morgan fingerprint density at radius 3 is 1.86 bits per heavy atom. The maximum Gasteiger partial charge on any atom is 0.416 e. The number of likely N-dealkylation sites (tertiary alicyclic amines) is 2. The van der Waals surface area contributed by atoms with Gasteiger partial charge in [0.15, 0.2) is 0 Å². The molecule has 4 nitrogen and oxygen atoms in total. The number of hydrogen-bond acceptors (Lipinski definition) is 3. The van der Waals surface area contributed by atoms with Crippen molar-refractivity contribution in [2.24, 2.45) is 11.8 Å². The summed E-state index contributed by atoms with van der Waals surface area (Å²) in [4.78, 5) is 28.7. The highest BCUT2D eigenvalue weighted by Gasteiger charge is 2.52. The maximum atomic E-state index is 12.7. The van der Waals surface area contributed by atoms with Gasteiger partial charge >= 0.3 is 6.18 Å². The number of benzene rings is 2. The first-order chi connectivity index (χ1) is 13.3. The van der Waals surface area contributed by atoms with Gasteiger partial charge in [-0.25, -0.2) is 0 Å². The molecule has 2 fully saturated rings. The van der Waals surface area contributed by atoms with Crippen molar-refractivity contribution in [3.05, 3.63) is 71.3 Å². The molecule has 0 N–H and O–H groups in total. The second kappa shape index (κ2) is 7.05. The lowest BCUT2D eigenvalue weighted by Gasteiger charge is -2.21. The summed E-state index contributed by atoms with van der Waals surface area (Å²) in [6.45, 7) is 1.75. The lowest BCUT2D eigenvalue weighted by atomic mass is 10.00. The lowest BCUT2D eigenvalue weighted by Crippen LogP contribution is -2.35. The molecule has 4 rings (SSSR count). The highest BCUT2D eigenvalue weighted by molar-refractivity contribution is 6.05. The van der Waals surface area contributed by atoms with Crippen molar-refractivity contribution in [2.45, 2.75) is 19.3 Å². The van der Waals surface area contributed by atoms with Gasteiger partial charge in [-0.05, 0) is 23.3 Å². The minimum Gasteiger partial charge on any atom is -0.297 e. The molecule has 2 aromatic carbocycles. The molecule has 2 aliphatic rings. The van der Waals surface area contributed by atoms with Crippen molar-refractivity contribution < 1.29 is 22.8 Å². The molecule has 7 heteroatoms. The molecule has 0 radical (unpaired) electrons. The van der Waals surface area contributed by atoms with Gasteiger partial charge < -0.3 is 0 Å². The summed E-state index contributed by atoms with van der Waals surface area (Å²) in [6.07, 6.45) is -4.41. The Bertz CT molecular complexity index is 857. The number of halogens is 3. The van der Waals surface area contributed by atoms with Gasteiger partial charge in [0.05, 0.1) is 23.9 Å². The monoisotopic (exact) mass is 388 g/mol. The predicted molar refractivity (Wildman–Crippen MR) is 95.7 cm³/mol. The number of nitrogens with zero attached hydrogens (tertiary/aromatic N) is 2. The molecule has 2 atom stereocenters. The number of rotatable bonds is 4. The average molecular weight is 388 g/mol. The Kier molecular flexibility index (Phi) is 4.71. The largest absolute Gasteiger partial charge is 0.416 e. The fourth-order valence-electron chi connectivity index (χ4n) is 4.00. The van der Waals surface area contributed by atoms with E-state index in [0.29, 0.717) is 25.2 Å². The maximum absolute atomic E-state index is 12.7. The van der Waals surface area contributed by atoms with Crippen LogP contribution in [0.3, 0.4) is 0 Å². The highest BCUT2D eigenvalue weighted by atomic mass is 19.4. The molecule has 146 valence electrons. The Labute approximate surface area is 160 Å². The first kappa shape index (κ1) is 18.7. The number of carbonyl (C=O) groups is 2. The molecule has 0 aliphatic carbocycles. The molecule has 0 spiro atoms. The van der Waals surface area contributed by atoms with Crippen molar-refractivity contribution in [3.63, 3.8) is 0 Å². The van der Waals surface area contributed by atoms with Crippen LogP contribution in [0.2, 0.25) is 0 Å². The summed E-state index contributed by atoms with van der Waals surface area (Å²) in [6, 6.07) is 14.4. The van der Waals surface area contributed by atoms with E-state index < -0.39 is 11.7 Å². The van der Waals surface area contributed by atoms with Crippen LogP contribution in [-0.4, -0.2) is 34.7 Å². The third kappa shape index (κ3) is 3.54. The van der Waals surface area contributed by atoms with Crippen LogP contribution in [0.25, 0.3) is 0 Å². The third-order valence-corrected chi connectivity index (χ3v) is 5.43. The number of fused-ring (bicyclic) bond motifs is 1. The first-order valence-electron chi connectivity index (χ1n) is 9.10. The Morgan fingerprint density at radius 2 is 1.32 bits per heavy atom. The van der Waals surface area contributed by atoms with Crippen molar-refractivity contribution in [3.8, 4) is 0 Å². The fraction of sp³-hybridized carbons (Fsp3) is 0.333. The van der Waals surface area contributed by atoms with Gasteiger partial charge in [-0.3, -0.25) is 19.4 Å². The summed E-state index contributed by atoms with van der Waals surface area (Å²) in [7, 11) is 0. The van der Waals surface area contributed by atoms with Crippen LogP contribution in [-0.2, 0) is 28.9 Å². The molecule has 2 amide bonds. The van der Waals surface area contributed by atoms with Crippen LogP contribution in [0.4, 0.5) is 13.2 Å². The minimum absolute atomic E-state index is 0.0154. The van der Waals surface area contributed by atoms with Crippen LogP contribution >= 0.6 is 0 Å². The van der Waals surface area contributed by atoms with Gasteiger partial charge in [-0.15, -0.1) is 0 Å². The van der Waals surface area contributed by atoms with E-state index in [1.54, 1.807) is 0 Å². The van der Waals surface area contributed by atoms with Crippen molar-refractivity contribution >= 4 is 11.8 Å². The normalized spacial score (nSPS) is 22.8. The van der Waals surface area contributed by atoms with Gasteiger partial charge in [-0.1, -0.05) is 42.5 Å². The zero-order valence-corrected chi connectivity index (χ0v) is 15.0. The number of alkyl halides is 3. The molecule has 0 saturated carbocycles. The quantitative estimate of drug-likeness (QED) is 0.755. The van der Waals surface area contributed by atoms with E-state index in [4.69, 9.17) is 0 Å². The number of carbonyl (C=O) groups excluding carboxylic acids is 2. The molecule has 2 heterocycles. The molecular weight excluding hydrogens is 369 g/mol. The van der Waals surface area contributed by atoms with Crippen LogP contribution < -0.4 is 0 Å². The molecule has 28 heavy (non-hydrogen) atoms. The van der Waals surface area contributed by atoms with Crippen molar-refractivity contribution in [1.82, 2.24) is 9.80 Å². The van der Waals surface area contributed by atoms with Gasteiger partial charge in [0, 0.05) is 19.6 Å². The van der Waals surface area contributed by atoms with Crippen LogP contribution in [0, 0.1) is 11.8 Å². The lowest BCUT2D eigenvalue weighted by molar-refractivity contribution is -0.141. The van der Waals surface area contributed by atoms with E-state index in [1.807, 2.05) is 30.3 Å². The van der Waals surface area contributed by atoms with E-state index in [9.17, 15) is 22.8 Å². The van der Waals surface area contributed by atoms with Gasteiger partial charge in [0.2, 0.25) is 11.8 Å². The van der Waals surface area contributed by atoms with Crippen molar-refractivity contribution in [2.75, 3.05) is 13.1 Å². The number of amides is 2. The van der Waals surface area contributed by atoms with Crippen molar-refractivity contribution in [1.29, 1.82) is 0 Å². The van der Waals surface area contributed by atoms with Gasteiger partial charge in [0.25, 0.3) is 0 Å². The summed E-state index contributed by atoms with van der Waals surface area (Å²) >= 11 is 0. The molecule has 0 unspecified atom stereocenters. The van der Waals surface area contributed by atoms with E-state index in [-0.39, 0.29) is 30.2 Å². The van der Waals surface area contributed by atoms with Crippen LogP contribution in [0.15, 0.2) is 54.6 Å². The zero-order chi connectivity index (χ0) is 19.9. The molecular formula is C21H19F3N2O2. The highest BCUT2D eigenvalue weighted by Crippen LogP contribution is 2.35. The predicted octanol–water partition coefficient (Wildman–Crippen LogP) is 3.32. The topological polar surface area (TPSA) is 40.6 Å². The van der Waals surface area contributed by atoms with E-state index in [1.165, 1.54) is 17.0 Å². The second-order valence-corrected chi connectivity index (χ2v) is 7.35. The SMILES string of the molecule is O=C1[C@H]2CN(Cc3ccccc3)C[C@H]2C(=O)N1Cc1ccc(C(F)(F)F)cc1. The van der Waals surface area contributed by atoms with E-state index in [0.717, 1.165) is 17.7 Å². The zero-order valence-electron chi connectivity index (χ0n) is 15.0. The first-order valence-corrected chi connectivity index (χ1v) is 9.10. The summed E-state index contributed by atoms with van der Waals surface area (Å²) in [5.74, 6) is -1.20. The van der Waals surface area contributed by atoms with Gasteiger partial charge in [0.1, 0.15) is 0 Å². The molecule has 2 saturated heterocycles. The molecule has 2 aliphatic heterocycles. The Hall–Kier alpha value is -2.67. The molecule has 0 bridgehead atoms. The van der Waals surface area contributed by atoms with E-state index in [2.05, 4.69) is 4.90 Å². The third-order valence-electron chi connectivity index (χ3n) is 5.43. The average Bonchev–Trinajstić information content (AvgIpc) is 3.17. The Morgan fingerprint density at radius 1 is 0.786 bits per heavy atom. The number of imide groups is 1. The minimum atomic E-state index is -4.41. The fourth-order valence-corrected chi connectivity index (χ4v) is 4.00. The smallest absolute Gasteiger partial charge is 0.297 e. The summed E-state index contributed by atoms with van der Waals surface area (Å²) in [5, 5.41) is 0. The summed E-state index contributed by atoms with van der Waals surface area (Å²) in [5.41, 5.74) is 0.892. The Balaban J connectivity index is 1.41. The van der Waals surface area contributed by atoms with Crippen LogP contribution in [0.5, 0.6) is 0 Å². The van der Waals surface area contributed by atoms with E-state index >= 15 is 0 Å². The van der Waals surface area contributed by atoms with Gasteiger partial charge in [-0.2, -0.15) is 13.2 Å².